The number of methoxy groups -OCH3 is 1. The fraction of sp³-hybridized carbons (Fsp3) is 0.200. The third kappa shape index (κ3) is 2.78. The van der Waals surface area contributed by atoms with Crippen molar-refractivity contribution in [2.75, 3.05) is 13.7 Å². The molecule has 1 amide bonds. The highest BCUT2D eigenvalue weighted by molar-refractivity contribution is 6.02. The number of primary amides is 1. The topological polar surface area (TPSA) is 124 Å². The van der Waals surface area contributed by atoms with E-state index in [1.54, 1.807) is 19.1 Å². The van der Waals surface area contributed by atoms with E-state index in [1.165, 1.54) is 19.2 Å². The lowest BCUT2D eigenvalue weighted by atomic mass is 10.2. The van der Waals surface area contributed by atoms with Crippen molar-refractivity contribution in [1.29, 1.82) is 0 Å². The first-order valence-corrected chi connectivity index (χ1v) is 6.70. The summed E-state index contributed by atoms with van der Waals surface area (Å²) in [5.41, 5.74) is 4.77. The minimum absolute atomic E-state index is 0.0543. The number of aromatic nitrogens is 1. The van der Waals surface area contributed by atoms with Gasteiger partial charge in [0.2, 0.25) is 0 Å². The van der Waals surface area contributed by atoms with Gasteiger partial charge in [-0.05, 0) is 31.2 Å². The van der Waals surface area contributed by atoms with Crippen LogP contribution in [0, 0.1) is 0 Å². The van der Waals surface area contributed by atoms with Crippen molar-refractivity contribution in [2.45, 2.75) is 6.92 Å². The van der Waals surface area contributed by atoms with Gasteiger partial charge in [-0.25, -0.2) is 4.79 Å². The second-order valence-corrected chi connectivity index (χ2v) is 4.51. The van der Waals surface area contributed by atoms with Gasteiger partial charge < -0.3 is 25.4 Å². The third-order valence-electron chi connectivity index (χ3n) is 3.15. The molecule has 0 aliphatic carbocycles. The van der Waals surface area contributed by atoms with Crippen LogP contribution in [-0.4, -0.2) is 40.4 Å². The molecule has 4 N–H and O–H groups in total. The number of ether oxygens (including phenoxy) is 2. The number of esters is 1. The van der Waals surface area contributed by atoms with E-state index in [4.69, 9.17) is 15.2 Å². The van der Waals surface area contributed by atoms with E-state index < -0.39 is 29.1 Å². The maximum Gasteiger partial charge on any atom is 0.359 e. The van der Waals surface area contributed by atoms with Gasteiger partial charge >= 0.3 is 5.97 Å². The minimum atomic E-state index is -1.01. The van der Waals surface area contributed by atoms with Gasteiger partial charge in [0.1, 0.15) is 5.75 Å². The summed E-state index contributed by atoms with van der Waals surface area (Å²) >= 11 is 0. The molecular weight excluding hydrogens is 304 g/mol. The smallest absolute Gasteiger partial charge is 0.359 e. The Kier molecular flexibility index (Phi) is 4.44. The van der Waals surface area contributed by atoms with E-state index in [0.29, 0.717) is 11.4 Å². The summed E-state index contributed by atoms with van der Waals surface area (Å²) in [5, 5.41) is 19.9. The van der Waals surface area contributed by atoms with E-state index in [1.807, 2.05) is 0 Å². The van der Waals surface area contributed by atoms with Crippen LogP contribution in [0.15, 0.2) is 24.3 Å². The number of nitrogens with two attached hydrogens (primary N) is 1. The summed E-state index contributed by atoms with van der Waals surface area (Å²) in [6.07, 6.45) is 0. The lowest BCUT2D eigenvalue weighted by molar-refractivity contribution is 0.0513. The zero-order valence-corrected chi connectivity index (χ0v) is 12.6. The normalized spacial score (nSPS) is 10.3. The fourth-order valence-corrected chi connectivity index (χ4v) is 2.15. The molecular formula is C15H16N2O6. The Balaban J connectivity index is 2.74. The SMILES string of the molecule is CCOC(=O)c1c(O)c(O)c(C(N)=O)n1-c1ccc(OC)cc1. The molecule has 0 radical (unpaired) electrons. The summed E-state index contributed by atoms with van der Waals surface area (Å²) < 4.78 is 10.9. The second kappa shape index (κ2) is 6.30. The van der Waals surface area contributed by atoms with Crippen LogP contribution in [-0.2, 0) is 4.74 Å². The number of hydrogen-bond donors (Lipinski definition) is 3. The van der Waals surface area contributed by atoms with Crippen molar-refractivity contribution in [3.8, 4) is 22.9 Å². The zero-order valence-electron chi connectivity index (χ0n) is 12.6. The summed E-state index contributed by atoms with van der Waals surface area (Å²) in [5.74, 6) is -2.91. The van der Waals surface area contributed by atoms with Crippen LogP contribution in [0.2, 0.25) is 0 Å². The van der Waals surface area contributed by atoms with Gasteiger partial charge in [-0.1, -0.05) is 0 Å². The number of benzene rings is 1. The fourth-order valence-electron chi connectivity index (χ4n) is 2.15. The van der Waals surface area contributed by atoms with Gasteiger partial charge in [-0.2, -0.15) is 0 Å². The Hall–Kier alpha value is -3.16. The average molecular weight is 320 g/mol. The lowest BCUT2D eigenvalue weighted by Gasteiger charge is -2.11. The number of carbonyl (C=O) groups excluding carboxylic acids is 2. The monoisotopic (exact) mass is 320 g/mol. The van der Waals surface area contributed by atoms with Gasteiger partial charge in [-0.3, -0.25) is 9.36 Å². The largest absolute Gasteiger partial charge is 0.503 e. The highest BCUT2D eigenvalue weighted by atomic mass is 16.5. The molecule has 0 saturated carbocycles. The predicted molar refractivity (Wildman–Crippen MR) is 80.1 cm³/mol. The molecule has 1 aromatic heterocycles. The Labute approximate surface area is 131 Å². The van der Waals surface area contributed by atoms with Crippen LogP contribution >= 0.6 is 0 Å². The maximum atomic E-state index is 12.1. The Bertz CT molecular complexity index is 748. The number of nitrogens with zero attached hydrogens (tertiary/aromatic N) is 1. The molecule has 0 aliphatic rings. The quantitative estimate of drug-likeness (QED) is 0.710. The van der Waals surface area contributed by atoms with Crippen LogP contribution in [0.3, 0.4) is 0 Å². The molecule has 122 valence electrons. The summed E-state index contributed by atoms with van der Waals surface area (Å²) in [6.45, 7) is 1.64. The van der Waals surface area contributed by atoms with Gasteiger partial charge in [0.15, 0.2) is 22.9 Å². The molecule has 1 aromatic carbocycles. The van der Waals surface area contributed by atoms with Crippen molar-refractivity contribution in [2.24, 2.45) is 5.73 Å². The van der Waals surface area contributed by atoms with Crippen LogP contribution in [0.25, 0.3) is 5.69 Å². The van der Waals surface area contributed by atoms with E-state index in [-0.39, 0.29) is 12.3 Å². The highest BCUT2D eigenvalue weighted by Crippen LogP contribution is 2.38. The first-order chi connectivity index (χ1) is 10.9. The number of hydrogen-bond acceptors (Lipinski definition) is 6. The number of amides is 1. The number of carbonyl (C=O) groups is 2. The molecule has 0 unspecified atom stereocenters. The molecule has 8 heteroatoms. The molecule has 0 aliphatic heterocycles. The molecule has 1 heterocycles. The molecule has 0 bridgehead atoms. The van der Waals surface area contributed by atoms with Crippen molar-refractivity contribution in [3.05, 3.63) is 35.7 Å². The first-order valence-electron chi connectivity index (χ1n) is 6.70. The minimum Gasteiger partial charge on any atom is -0.503 e. The number of rotatable bonds is 5. The third-order valence-corrected chi connectivity index (χ3v) is 3.15. The van der Waals surface area contributed by atoms with E-state index >= 15 is 0 Å². The van der Waals surface area contributed by atoms with Gasteiger partial charge in [0.05, 0.1) is 13.7 Å². The van der Waals surface area contributed by atoms with Crippen LogP contribution < -0.4 is 10.5 Å². The Morgan fingerprint density at radius 1 is 1.13 bits per heavy atom. The van der Waals surface area contributed by atoms with Gasteiger partial charge in [0, 0.05) is 5.69 Å². The lowest BCUT2D eigenvalue weighted by Crippen LogP contribution is -2.19. The van der Waals surface area contributed by atoms with Crippen LogP contribution in [0.1, 0.15) is 27.9 Å². The predicted octanol–water partition coefficient (Wildman–Crippen LogP) is 1.17. The molecule has 0 fully saturated rings. The van der Waals surface area contributed by atoms with Crippen LogP contribution in [0.4, 0.5) is 0 Å². The summed E-state index contributed by atoms with van der Waals surface area (Å²) in [7, 11) is 1.49. The zero-order chi connectivity index (χ0) is 17.1. The molecule has 8 nitrogen and oxygen atoms in total. The molecule has 23 heavy (non-hydrogen) atoms. The van der Waals surface area contributed by atoms with E-state index in [9.17, 15) is 19.8 Å². The van der Waals surface area contributed by atoms with Crippen molar-refractivity contribution < 1.29 is 29.3 Å². The highest BCUT2D eigenvalue weighted by Gasteiger charge is 2.31. The Morgan fingerprint density at radius 3 is 2.17 bits per heavy atom. The molecule has 0 spiro atoms. The molecule has 2 rings (SSSR count). The van der Waals surface area contributed by atoms with Gasteiger partial charge in [-0.15, -0.1) is 0 Å². The second-order valence-electron chi connectivity index (χ2n) is 4.51. The van der Waals surface area contributed by atoms with Crippen molar-refractivity contribution >= 4 is 11.9 Å². The van der Waals surface area contributed by atoms with Gasteiger partial charge in [0.25, 0.3) is 5.91 Å². The van der Waals surface area contributed by atoms with Crippen molar-refractivity contribution in [3.63, 3.8) is 0 Å². The average Bonchev–Trinajstić information content (AvgIpc) is 2.80. The maximum absolute atomic E-state index is 12.1. The summed E-state index contributed by atoms with van der Waals surface area (Å²) in [4.78, 5) is 23.7. The first kappa shape index (κ1) is 16.2. The standard InChI is InChI=1S/C15H16N2O6/c1-3-23-15(21)11-13(19)12(18)10(14(16)20)17(11)8-4-6-9(22-2)7-5-8/h4-7,18-19H,3H2,1-2H3,(H2,16,20). The van der Waals surface area contributed by atoms with E-state index in [0.717, 1.165) is 4.57 Å². The molecule has 2 aromatic rings. The van der Waals surface area contributed by atoms with Crippen molar-refractivity contribution in [1.82, 2.24) is 4.57 Å². The molecule has 0 atom stereocenters. The summed E-state index contributed by atoms with van der Waals surface area (Å²) in [6, 6.07) is 6.24. The number of aromatic hydroxyl groups is 2. The Morgan fingerprint density at radius 2 is 1.70 bits per heavy atom. The molecule has 0 saturated heterocycles. The van der Waals surface area contributed by atoms with E-state index in [2.05, 4.69) is 0 Å². The van der Waals surface area contributed by atoms with Crippen LogP contribution in [0.5, 0.6) is 17.2 Å².